The van der Waals surface area contributed by atoms with Crippen LogP contribution in [-0.4, -0.2) is 31.4 Å². The minimum absolute atomic E-state index is 0.0662. The molecule has 21 heavy (non-hydrogen) atoms. The molecule has 5 heteroatoms. The highest BCUT2D eigenvalue weighted by atomic mass is 16.6. The Bertz CT molecular complexity index is 447. The van der Waals surface area contributed by atoms with Crippen LogP contribution in [-0.2, 0) is 23.9 Å². The van der Waals surface area contributed by atoms with Gasteiger partial charge in [0.1, 0.15) is 6.29 Å². The molecule has 0 atom stereocenters. The number of aldehydes is 1. The summed E-state index contributed by atoms with van der Waals surface area (Å²) in [6.07, 6.45) is 4.59. The third-order valence-electron chi connectivity index (χ3n) is 2.58. The first kappa shape index (κ1) is 18.7. The molecule has 0 aliphatic heterocycles. The predicted molar refractivity (Wildman–Crippen MR) is 78.1 cm³/mol. The number of allylic oxidation sites excluding steroid dienone is 3. The summed E-state index contributed by atoms with van der Waals surface area (Å²) in [7, 11) is 0. The average Bonchev–Trinajstić information content (AvgIpc) is 2.46. The summed E-state index contributed by atoms with van der Waals surface area (Å²) in [4.78, 5) is 34.5. The number of ether oxygens (including phenoxy) is 2. The lowest BCUT2D eigenvalue weighted by atomic mass is 9.81. The van der Waals surface area contributed by atoms with Gasteiger partial charge in [0.2, 0.25) is 0 Å². The van der Waals surface area contributed by atoms with Crippen LogP contribution in [0.4, 0.5) is 0 Å². The molecule has 0 saturated carbocycles. The first-order valence-corrected chi connectivity index (χ1v) is 6.63. The van der Waals surface area contributed by atoms with Crippen LogP contribution >= 0.6 is 0 Å². The molecule has 0 aromatic heterocycles. The molecule has 5 nitrogen and oxygen atoms in total. The maximum absolute atomic E-state index is 12.2. The SMILES string of the molecule is C=CCC(CC#C/C=C\C=O)(C(=O)OCC)C(=O)OCC. The van der Waals surface area contributed by atoms with Gasteiger partial charge in [-0.25, -0.2) is 0 Å². The molecular formula is C16H20O5. The van der Waals surface area contributed by atoms with Crippen molar-refractivity contribution in [2.75, 3.05) is 13.2 Å². The summed E-state index contributed by atoms with van der Waals surface area (Å²) in [6.45, 7) is 7.17. The first-order valence-electron chi connectivity index (χ1n) is 6.63. The number of hydrogen-bond donors (Lipinski definition) is 0. The fourth-order valence-electron chi connectivity index (χ4n) is 1.60. The van der Waals surface area contributed by atoms with Crippen LogP contribution in [0.2, 0.25) is 0 Å². The van der Waals surface area contributed by atoms with Crippen molar-refractivity contribution in [1.29, 1.82) is 0 Å². The van der Waals surface area contributed by atoms with Gasteiger partial charge in [0.25, 0.3) is 0 Å². The van der Waals surface area contributed by atoms with Crippen LogP contribution in [0.3, 0.4) is 0 Å². The predicted octanol–water partition coefficient (Wildman–Crippen LogP) is 1.82. The van der Waals surface area contributed by atoms with Crippen molar-refractivity contribution in [2.24, 2.45) is 5.41 Å². The largest absolute Gasteiger partial charge is 0.465 e. The highest BCUT2D eigenvalue weighted by Gasteiger charge is 2.47. The lowest BCUT2D eigenvalue weighted by Gasteiger charge is -2.26. The van der Waals surface area contributed by atoms with Crippen LogP contribution in [0, 0.1) is 17.3 Å². The molecule has 0 unspecified atom stereocenters. The summed E-state index contributed by atoms with van der Waals surface area (Å²) in [5, 5.41) is 0. The standard InChI is InChI=1S/C16H20O5/c1-4-11-16(14(18)20-5-2,15(19)21-6-3)12-9-7-8-10-13-17/h4,8,10,13H,1,5-6,11-12H2,2-3H3/b10-8-. The van der Waals surface area contributed by atoms with Gasteiger partial charge < -0.3 is 9.47 Å². The highest BCUT2D eigenvalue weighted by Crippen LogP contribution is 2.30. The van der Waals surface area contributed by atoms with Crippen molar-refractivity contribution in [2.45, 2.75) is 26.7 Å². The van der Waals surface area contributed by atoms with E-state index in [-0.39, 0.29) is 26.1 Å². The quantitative estimate of drug-likeness (QED) is 0.170. The fourth-order valence-corrected chi connectivity index (χ4v) is 1.60. The zero-order valence-electron chi connectivity index (χ0n) is 12.4. The maximum atomic E-state index is 12.2. The van der Waals surface area contributed by atoms with E-state index in [1.165, 1.54) is 18.2 Å². The fraction of sp³-hybridized carbons (Fsp3) is 0.438. The second-order valence-electron chi connectivity index (χ2n) is 4.01. The molecule has 0 aliphatic rings. The van der Waals surface area contributed by atoms with Crippen molar-refractivity contribution in [3.05, 3.63) is 24.8 Å². The minimum Gasteiger partial charge on any atom is -0.465 e. The molecule has 0 aromatic carbocycles. The molecule has 0 radical (unpaired) electrons. The summed E-state index contributed by atoms with van der Waals surface area (Å²) in [6, 6.07) is 0. The lowest BCUT2D eigenvalue weighted by molar-refractivity contribution is -0.171. The van der Waals surface area contributed by atoms with Crippen LogP contribution in [0.15, 0.2) is 24.8 Å². The van der Waals surface area contributed by atoms with E-state index in [0.717, 1.165) is 0 Å². The molecule has 0 N–H and O–H groups in total. The second kappa shape index (κ2) is 10.4. The molecule has 0 aliphatic carbocycles. The molecular weight excluding hydrogens is 272 g/mol. The molecule has 0 rings (SSSR count). The topological polar surface area (TPSA) is 69.7 Å². The molecule has 0 saturated heterocycles. The zero-order chi connectivity index (χ0) is 16.1. The average molecular weight is 292 g/mol. The lowest BCUT2D eigenvalue weighted by Crippen LogP contribution is -2.41. The monoisotopic (exact) mass is 292 g/mol. The van der Waals surface area contributed by atoms with Crippen molar-refractivity contribution in [1.82, 2.24) is 0 Å². The molecule has 0 aromatic rings. The Morgan fingerprint density at radius 1 is 1.19 bits per heavy atom. The van der Waals surface area contributed by atoms with Gasteiger partial charge in [-0.3, -0.25) is 14.4 Å². The molecule has 0 fully saturated rings. The highest BCUT2D eigenvalue weighted by molar-refractivity contribution is 6.00. The Morgan fingerprint density at radius 3 is 2.19 bits per heavy atom. The number of hydrogen-bond acceptors (Lipinski definition) is 5. The summed E-state index contributed by atoms with van der Waals surface area (Å²) in [5.41, 5.74) is -1.52. The van der Waals surface area contributed by atoms with Crippen molar-refractivity contribution >= 4 is 18.2 Å². The third kappa shape index (κ3) is 5.65. The van der Waals surface area contributed by atoms with Gasteiger partial charge in [0, 0.05) is 6.42 Å². The van der Waals surface area contributed by atoms with E-state index >= 15 is 0 Å². The van der Waals surface area contributed by atoms with Gasteiger partial charge in [0.05, 0.1) is 13.2 Å². The Balaban J connectivity index is 5.43. The van der Waals surface area contributed by atoms with Gasteiger partial charge in [-0.2, -0.15) is 0 Å². The molecule has 0 heterocycles. The Morgan fingerprint density at radius 2 is 1.76 bits per heavy atom. The van der Waals surface area contributed by atoms with E-state index in [2.05, 4.69) is 18.4 Å². The van der Waals surface area contributed by atoms with Gasteiger partial charge in [-0.15, -0.1) is 6.58 Å². The van der Waals surface area contributed by atoms with E-state index in [4.69, 9.17) is 9.47 Å². The van der Waals surface area contributed by atoms with E-state index in [0.29, 0.717) is 6.29 Å². The van der Waals surface area contributed by atoms with Gasteiger partial charge in [0.15, 0.2) is 5.41 Å². The van der Waals surface area contributed by atoms with Gasteiger partial charge in [-0.1, -0.05) is 17.9 Å². The summed E-state index contributed by atoms with van der Waals surface area (Å²) in [5.74, 6) is 3.90. The Labute approximate surface area is 125 Å². The summed E-state index contributed by atoms with van der Waals surface area (Å²) >= 11 is 0. The second-order valence-corrected chi connectivity index (χ2v) is 4.01. The van der Waals surface area contributed by atoms with Gasteiger partial charge in [-0.05, 0) is 32.4 Å². The van der Waals surface area contributed by atoms with Crippen molar-refractivity contribution < 1.29 is 23.9 Å². The van der Waals surface area contributed by atoms with Gasteiger partial charge >= 0.3 is 11.9 Å². The van der Waals surface area contributed by atoms with E-state index < -0.39 is 17.4 Å². The number of rotatable bonds is 8. The van der Waals surface area contributed by atoms with Crippen molar-refractivity contribution in [3.8, 4) is 11.8 Å². The summed E-state index contributed by atoms with van der Waals surface area (Å²) < 4.78 is 9.95. The molecule has 0 bridgehead atoms. The van der Waals surface area contributed by atoms with E-state index in [9.17, 15) is 14.4 Å². The number of carbonyl (C=O) groups excluding carboxylic acids is 3. The zero-order valence-corrected chi connectivity index (χ0v) is 12.4. The van der Waals surface area contributed by atoms with Crippen molar-refractivity contribution in [3.63, 3.8) is 0 Å². The number of carbonyl (C=O) groups is 3. The maximum Gasteiger partial charge on any atom is 0.324 e. The first-order chi connectivity index (χ1) is 10.1. The minimum atomic E-state index is -1.52. The molecule has 114 valence electrons. The Kier molecular flexibility index (Phi) is 9.27. The Hall–Kier alpha value is -2.35. The van der Waals surface area contributed by atoms with Crippen LogP contribution in [0.1, 0.15) is 26.7 Å². The molecule has 0 amide bonds. The van der Waals surface area contributed by atoms with E-state index in [1.807, 2.05) is 0 Å². The molecule has 0 spiro atoms. The number of esters is 2. The smallest absolute Gasteiger partial charge is 0.324 e. The van der Waals surface area contributed by atoms with Crippen LogP contribution in [0.25, 0.3) is 0 Å². The van der Waals surface area contributed by atoms with Crippen LogP contribution < -0.4 is 0 Å². The third-order valence-corrected chi connectivity index (χ3v) is 2.58. The van der Waals surface area contributed by atoms with E-state index in [1.54, 1.807) is 13.8 Å². The van der Waals surface area contributed by atoms with Crippen LogP contribution in [0.5, 0.6) is 0 Å². The normalized spacial score (nSPS) is 10.4.